The molecular weight excluding hydrogens is 368 g/mol. The molecule has 7 nitrogen and oxygen atoms in total. The average molecular weight is 389 g/mol. The maximum absolute atomic E-state index is 12.4. The van der Waals surface area contributed by atoms with E-state index in [9.17, 15) is 9.59 Å². The second-order valence-corrected chi connectivity index (χ2v) is 6.67. The first-order chi connectivity index (χ1) is 12.9. The number of esters is 1. The predicted molar refractivity (Wildman–Crippen MR) is 103 cm³/mol. The van der Waals surface area contributed by atoms with Crippen LogP contribution in [0.5, 0.6) is 0 Å². The highest BCUT2D eigenvalue weighted by Crippen LogP contribution is 2.26. The number of ether oxygens (including phenoxy) is 1. The summed E-state index contributed by atoms with van der Waals surface area (Å²) in [5.74, 6) is -0.516. The molecule has 0 fully saturated rings. The molecule has 142 valence electrons. The summed E-state index contributed by atoms with van der Waals surface area (Å²) in [6, 6.07) is 9.12. The van der Waals surface area contributed by atoms with E-state index in [2.05, 4.69) is 10.1 Å². The van der Waals surface area contributed by atoms with Crippen LogP contribution in [0, 0.1) is 0 Å². The highest BCUT2D eigenvalue weighted by molar-refractivity contribution is 6.31. The lowest BCUT2D eigenvalue weighted by Gasteiger charge is -2.25. The molecule has 0 radical (unpaired) electrons. The van der Waals surface area contributed by atoms with E-state index < -0.39 is 5.97 Å². The minimum atomic E-state index is -0.516. The van der Waals surface area contributed by atoms with E-state index in [4.69, 9.17) is 16.3 Å². The molecule has 0 aliphatic heterocycles. The van der Waals surface area contributed by atoms with Gasteiger partial charge in [-0.3, -0.25) is 14.8 Å². The van der Waals surface area contributed by atoms with Gasteiger partial charge in [-0.1, -0.05) is 29.8 Å². The summed E-state index contributed by atoms with van der Waals surface area (Å²) in [4.78, 5) is 31.0. The van der Waals surface area contributed by atoms with Crippen LogP contribution in [-0.4, -0.2) is 39.1 Å². The number of aromatic nitrogens is 3. The van der Waals surface area contributed by atoms with Gasteiger partial charge in [0.25, 0.3) is 5.56 Å². The fourth-order valence-electron chi connectivity index (χ4n) is 2.91. The largest absolute Gasteiger partial charge is 0.462 e. The maximum Gasteiger partial charge on any atom is 0.343 e. The van der Waals surface area contributed by atoms with E-state index in [1.165, 1.54) is 16.8 Å². The molecule has 1 N–H and O–H groups in total. The molecule has 0 spiro atoms. The van der Waals surface area contributed by atoms with Crippen molar-refractivity contribution in [3.63, 3.8) is 0 Å². The second kappa shape index (κ2) is 7.94. The summed E-state index contributed by atoms with van der Waals surface area (Å²) in [5, 5.41) is 3.43. The van der Waals surface area contributed by atoms with Gasteiger partial charge >= 0.3 is 5.97 Å². The van der Waals surface area contributed by atoms with Gasteiger partial charge in [0.1, 0.15) is 5.56 Å². The second-order valence-electron chi connectivity index (χ2n) is 6.26. The van der Waals surface area contributed by atoms with E-state index in [1.807, 2.05) is 43.1 Å². The standard InChI is InChI=1S/C19H21ClN4O3/c1-4-27-19(26)15-10-21-24-17(25)9-13(22-18(15)24)11-23(3)12(2)14-7-5-6-8-16(14)20/h5-10,12,21H,4,11H2,1-3H3. The number of nitrogens with one attached hydrogen (secondary N) is 1. The molecule has 0 aliphatic carbocycles. The molecule has 3 aromatic rings. The van der Waals surface area contributed by atoms with Crippen molar-refractivity contribution in [2.75, 3.05) is 13.7 Å². The zero-order valence-corrected chi connectivity index (χ0v) is 16.2. The first-order valence-electron chi connectivity index (χ1n) is 8.64. The van der Waals surface area contributed by atoms with Gasteiger partial charge in [0, 0.05) is 29.9 Å². The van der Waals surface area contributed by atoms with Gasteiger partial charge in [0.2, 0.25) is 0 Å². The van der Waals surface area contributed by atoms with Crippen LogP contribution in [0.3, 0.4) is 0 Å². The van der Waals surface area contributed by atoms with Crippen molar-refractivity contribution in [1.29, 1.82) is 0 Å². The van der Waals surface area contributed by atoms with E-state index in [1.54, 1.807) is 6.92 Å². The monoisotopic (exact) mass is 388 g/mol. The van der Waals surface area contributed by atoms with Gasteiger partial charge in [-0.25, -0.2) is 14.3 Å². The zero-order valence-electron chi connectivity index (χ0n) is 15.4. The third kappa shape index (κ3) is 3.89. The number of benzene rings is 1. The third-order valence-corrected chi connectivity index (χ3v) is 4.82. The van der Waals surface area contributed by atoms with Crippen molar-refractivity contribution in [2.24, 2.45) is 0 Å². The van der Waals surface area contributed by atoms with Gasteiger partial charge in [0.05, 0.1) is 12.3 Å². The summed E-state index contributed by atoms with van der Waals surface area (Å²) in [6.45, 7) is 4.43. The van der Waals surface area contributed by atoms with E-state index in [-0.39, 0.29) is 29.4 Å². The molecule has 2 heterocycles. The number of aromatic amines is 1. The molecule has 1 unspecified atom stereocenters. The van der Waals surface area contributed by atoms with E-state index in [0.29, 0.717) is 17.3 Å². The lowest BCUT2D eigenvalue weighted by Crippen LogP contribution is -2.25. The average Bonchev–Trinajstić information content (AvgIpc) is 3.06. The third-order valence-electron chi connectivity index (χ3n) is 4.47. The van der Waals surface area contributed by atoms with Gasteiger partial charge in [-0.05, 0) is 32.5 Å². The van der Waals surface area contributed by atoms with Crippen LogP contribution in [0.15, 0.2) is 41.3 Å². The Labute approximate surface area is 161 Å². The number of fused-ring (bicyclic) bond motifs is 1. The van der Waals surface area contributed by atoms with Gasteiger partial charge in [0.15, 0.2) is 5.65 Å². The molecule has 3 rings (SSSR count). The Morgan fingerprint density at radius 3 is 2.85 bits per heavy atom. The summed E-state index contributed by atoms with van der Waals surface area (Å²) in [7, 11) is 1.93. The summed E-state index contributed by atoms with van der Waals surface area (Å²) >= 11 is 6.29. The molecule has 0 saturated carbocycles. The van der Waals surface area contributed by atoms with Gasteiger partial charge in [-0.2, -0.15) is 0 Å². The minimum Gasteiger partial charge on any atom is -0.462 e. The number of hydrogen-bond donors (Lipinski definition) is 1. The lowest BCUT2D eigenvalue weighted by atomic mass is 10.1. The van der Waals surface area contributed by atoms with Crippen molar-refractivity contribution in [3.8, 4) is 0 Å². The maximum atomic E-state index is 12.4. The SMILES string of the molecule is CCOC(=O)c1c[nH]n2c(=O)cc(CN(C)C(C)c3ccccc3Cl)nc12. The Morgan fingerprint density at radius 1 is 1.41 bits per heavy atom. The first kappa shape index (κ1) is 19.1. The number of hydrogen-bond acceptors (Lipinski definition) is 5. The number of carbonyl (C=O) groups excluding carboxylic acids is 1. The van der Waals surface area contributed by atoms with Crippen LogP contribution in [0.1, 0.15) is 41.5 Å². The molecule has 0 saturated heterocycles. The van der Waals surface area contributed by atoms with Crippen LogP contribution in [0.2, 0.25) is 5.02 Å². The Balaban J connectivity index is 1.90. The molecule has 0 amide bonds. The van der Waals surface area contributed by atoms with Crippen molar-refractivity contribution >= 4 is 23.2 Å². The van der Waals surface area contributed by atoms with Crippen molar-refractivity contribution in [1.82, 2.24) is 19.5 Å². The Bertz CT molecular complexity index is 1030. The van der Waals surface area contributed by atoms with Crippen molar-refractivity contribution < 1.29 is 9.53 Å². The van der Waals surface area contributed by atoms with Crippen molar-refractivity contribution in [2.45, 2.75) is 26.4 Å². The first-order valence-corrected chi connectivity index (χ1v) is 9.02. The summed E-state index contributed by atoms with van der Waals surface area (Å²) in [6.07, 6.45) is 1.43. The number of nitrogens with zero attached hydrogens (tertiary/aromatic N) is 3. The highest BCUT2D eigenvalue weighted by Gasteiger charge is 2.19. The molecule has 0 aliphatic rings. The zero-order chi connectivity index (χ0) is 19.6. The Kier molecular flexibility index (Phi) is 5.62. The molecule has 1 atom stereocenters. The molecule has 27 heavy (non-hydrogen) atoms. The van der Waals surface area contributed by atoms with E-state index >= 15 is 0 Å². The molecule has 0 bridgehead atoms. The number of H-pyrrole nitrogens is 1. The lowest BCUT2D eigenvalue weighted by molar-refractivity contribution is 0.0528. The Hall–Kier alpha value is -2.64. The molecule has 2 aromatic heterocycles. The molecular formula is C19H21ClN4O3. The molecule has 1 aromatic carbocycles. The van der Waals surface area contributed by atoms with Crippen LogP contribution >= 0.6 is 11.6 Å². The van der Waals surface area contributed by atoms with Crippen LogP contribution in [-0.2, 0) is 11.3 Å². The normalized spacial score (nSPS) is 12.5. The number of rotatable bonds is 6. The predicted octanol–water partition coefficient (Wildman–Crippen LogP) is 3.05. The van der Waals surface area contributed by atoms with Crippen LogP contribution < -0.4 is 5.56 Å². The fraction of sp³-hybridized carbons (Fsp3) is 0.316. The minimum absolute atomic E-state index is 0.0229. The van der Waals surface area contributed by atoms with E-state index in [0.717, 1.165) is 5.56 Å². The number of carbonyl (C=O) groups is 1. The molecule has 8 heteroatoms. The van der Waals surface area contributed by atoms with Gasteiger partial charge < -0.3 is 4.74 Å². The van der Waals surface area contributed by atoms with Gasteiger partial charge in [-0.15, -0.1) is 0 Å². The summed E-state index contributed by atoms with van der Waals surface area (Å²) < 4.78 is 6.25. The quantitative estimate of drug-likeness (QED) is 0.656. The van der Waals surface area contributed by atoms with Crippen LogP contribution in [0.4, 0.5) is 0 Å². The summed E-state index contributed by atoms with van der Waals surface area (Å²) in [5.41, 5.74) is 1.76. The van der Waals surface area contributed by atoms with Crippen LogP contribution in [0.25, 0.3) is 5.65 Å². The topological polar surface area (TPSA) is 79.7 Å². The highest BCUT2D eigenvalue weighted by atomic mass is 35.5. The van der Waals surface area contributed by atoms with Crippen molar-refractivity contribution in [3.05, 3.63) is 68.7 Å². The Morgan fingerprint density at radius 2 is 2.15 bits per heavy atom. The fourth-order valence-corrected chi connectivity index (χ4v) is 3.21. The number of halogens is 1. The smallest absolute Gasteiger partial charge is 0.343 e.